The smallest absolute Gasteiger partial charge is 0.254 e. The number of allylic oxidation sites excluding steroid dienone is 2. The van der Waals surface area contributed by atoms with Crippen LogP contribution in [0.1, 0.15) is 124 Å². The molecule has 0 atom stereocenters. The Hall–Kier alpha value is -1.70. The van der Waals surface area contributed by atoms with Gasteiger partial charge in [0.2, 0.25) is 5.91 Å². The third-order valence-electron chi connectivity index (χ3n) is 7.46. The van der Waals surface area contributed by atoms with Crippen LogP contribution in [0.15, 0.2) is 12.2 Å². The van der Waals surface area contributed by atoms with Crippen molar-refractivity contribution in [2.45, 2.75) is 116 Å². The lowest BCUT2D eigenvalue weighted by Crippen LogP contribution is -2.30. The average molecular weight is 561 g/mol. The average Bonchev–Trinajstić information content (AvgIpc) is 3.25. The minimum Gasteiger partial charge on any atom is -0.352 e. The number of amides is 2. The summed E-state index contributed by atoms with van der Waals surface area (Å²) in [5.74, 6) is -0.0200. The Morgan fingerprint density at radius 2 is 1.56 bits per heavy atom. The maximum Gasteiger partial charge on any atom is 0.254 e. The number of unbranched alkanes of at least 4 members (excludes halogenated alkanes) is 11. The van der Waals surface area contributed by atoms with Crippen LogP contribution in [0.2, 0.25) is 0 Å². The van der Waals surface area contributed by atoms with E-state index < -0.39 is 0 Å². The Balaban J connectivity index is 1.66. The Morgan fingerprint density at radius 3 is 2.23 bits per heavy atom. The number of hydrogen-bond donors (Lipinski definition) is 2. The van der Waals surface area contributed by atoms with Crippen molar-refractivity contribution >= 4 is 28.2 Å². The van der Waals surface area contributed by atoms with Crippen molar-refractivity contribution in [1.82, 2.24) is 15.1 Å². The molecule has 1 aromatic rings. The molecule has 0 bridgehead atoms. The van der Waals surface area contributed by atoms with Crippen molar-refractivity contribution in [3.8, 4) is 0 Å². The zero-order valence-corrected chi connectivity index (χ0v) is 26.2. The summed E-state index contributed by atoms with van der Waals surface area (Å²) in [7, 11) is 6.18. The van der Waals surface area contributed by atoms with Gasteiger partial charge in [-0.15, -0.1) is 11.3 Å². The van der Waals surface area contributed by atoms with Gasteiger partial charge < -0.3 is 20.4 Å². The summed E-state index contributed by atoms with van der Waals surface area (Å²) in [6.45, 7) is 5.62. The molecule has 1 aliphatic rings. The van der Waals surface area contributed by atoms with Crippen molar-refractivity contribution < 1.29 is 9.59 Å². The first-order valence-electron chi connectivity index (χ1n) is 15.6. The molecule has 0 saturated heterocycles. The normalized spacial score (nSPS) is 13.8. The fourth-order valence-electron chi connectivity index (χ4n) is 5.09. The summed E-state index contributed by atoms with van der Waals surface area (Å²) >= 11 is 1.58. The number of anilines is 1. The fourth-order valence-corrected chi connectivity index (χ4v) is 6.43. The minimum atomic E-state index is -0.0490. The van der Waals surface area contributed by atoms with E-state index in [1.54, 1.807) is 11.3 Å². The van der Waals surface area contributed by atoms with Crippen LogP contribution in [-0.2, 0) is 17.8 Å². The molecular formula is C32H56N4O2S. The zero-order valence-electron chi connectivity index (χ0n) is 25.4. The van der Waals surface area contributed by atoms with Crippen LogP contribution in [0.3, 0.4) is 0 Å². The second-order valence-corrected chi connectivity index (χ2v) is 12.6. The number of likely N-dealkylation sites (N-methyl/N-ethyl adjacent to an activating group) is 1. The first-order valence-corrected chi connectivity index (χ1v) is 16.4. The highest BCUT2D eigenvalue weighted by atomic mass is 32.1. The SMILES string of the molecule is CCCCCCCC/C=C\CCCCCCCC(=O)Nc1sc2c(c1C(=O)NCCCN(C)C)CCN(C)C2. The lowest BCUT2D eigenvalue weighted by molar-refractivity contribution is -0.116. The van der Waals surface area contributed by atoms with Gasteiger partial charge in [0.05, 0.1) is 5.56 Å². The highest BCUT2D eigenvalue weighted by molar-refractivity contribution is 7.17. The zero-order chi connectivity index (χ0) is 28.3. The molecule has 2 N–H and O–H groups in total. The molecule has 2 rings (SSSR count). The van der Waals surface area contributed by atoms with E-state index >= 15 is 0 Å². The van der Waals surface area contributed by atoms with Gasteiger partial charge in [0.15, 0.2) is 0 Å². The second kappa shape index (κ2) is 20.2. The van der Waals surface area contributed by atoms with Crippen LogP contribution in [0.5, 0.6) is 0 Å². The second-order valence-electron chi connectivity index (χ2n) is 11.5. The third kappa shape index (κ3) is 14.0. The van der Waals surface area contributed by atoms with Crippen molar-refractivity contribution in [3.63, 3.8) is 0 Å². The van der Waals surface area contributed by atoms with Gasteiger partial charge >= 0.3 is 0 Å². The molecule has 7 heteroatoms. The number of nitrogens with zero attached hydrogens (tertiary/aromatic N) is 2. The molecule has 0 fully saturated rings. The van der Waals surface area contributed by atoms with E-state index in [1.165, 1.54) is 75.5 Å². The van der Waals surface area contributed by atoms with E-state index in [2.05, 4.69) is 46.6 Å². The molecule has 1 aliphatic heterocycles. The highest BCUT2D eigenvalue weighted by Gasteiger charge is 2.27. The van der Waals surface area contributed by atoms with Crippen LogP contribution < -0.4 is 10.6 Å². The van der Waals surface area contributed by atoms with Crippen molar-refractivity contribution in [2.75, 3.05) is 46.1 Å². The number of nitrogens with one attached hydrogen (secondary N) is 2. The molecule has 1 aromatic heterocycles. The molecule has 39 heavy (non-hydrogen) atoms. The molecule has 0 aliphatic carbocycles. The lowest BCUT2D eigenvalue weighted by atomic mass is 10.0. The number of fused-ring (bicyclic) bond motifs is 1. The van der Waals surface area contributed by atoms with Gasteiger partial charge in [-0.3, -0.25) is 9.59 Å². The Morgan fingerprint density at radius 1 is 0.923 bits per heavy atom. The third-order valence-corrected chi connectivity index (χ3v) is 8.59. The predicted octanol–water partition coefficient (Wildman–Crippen LogP) is 7.39. The van der Waals surface area contributed by atoms with Gasteiger partial charge in [0, 0.05) is 30.9 Å². The number of rotatable bonds is 21. The van der Waals surface area contributed by atoms with E-state index in [-0.39, 0.29) is 11.8 Å². The van der Waals surface area contributed by atoms with E-state index in [0.717, 1.165) is 55.9 Å². The molecule has 0 spiro atoms. The summed E-state index contributed by atoms with van der Waals surface area (Å²) in [5.41, 5.74) is 1.82. The van der Waals surface area contributed by atoms with E-state index in [9.17, 15) is 9.59 Å². The van der Waals surface area contributed by atoms with E-state index in [1.807, 2.05) is 14.1 Å². The largest absolute Gasteiger partial charge is 0.352 e. The minimum absolute atomic E-state index is 0.0289. The summed E-state index contributed by atoms with van der Waals surface area (Å²) in [6, 6.07) is 0. The van der Waals surface area contributed by atoms with Crippen LogP contribution >= 0.6 is 11.3 Å². The molecule has 0 unspecified atom stereocenters. The van der Waals surface area contributed by atoms with Crippen molar-refractivity contribution in [1.29, 1.82) is 0 Å². The topological polar surface area (TPSA) is 64.7 Å². The monoisotopic (exact) mass is 560 g/mol. The number of hydrogen-bond acceptors (Lipinski definition) is 5. The van der Waals surface area contributed by atoms with Crippen molar-refractivity contribution in [3.05, 3.63) is 28.2 Å². The van der Waals surface area contributed by atoms with Gasteiger partial charge in [0.25, 0.3) is 5.91 Å². The molecule has 0 saturated carbocycles. The number of carbonyl (C=O) groups is 2. The molecule has 2 heterocycles. The molecular weight excluding hydrogens is 504 g/mol. The predicted molar refractivity (Wildman–Crippen MR) is 168 cm³/mol. The number of carbonyl (C=O) groups excluding carboxylic acids is 2. The van der Waals surface area contributed by atoms with Crippen LogP contribution in [0, 0.1) is 0 Å². The van der Waals surface area contributed by atoms with Gasteiger partial charge in [-0.1, -0.05) is 70.4 Å². The van der Waals surface area contributed by atoms with E-state index in [4.69, 9.17) is 0 Å². The Bertz CT molecular complexity index is 865. The molecule has 0 radical (unpaired) electrons. The molecule has 2 amide bonds. The first-order chi connectivity index (χ1) is 18.9. The van der Waals surface area contributed by atoms with Gasteiger partial charge in [-0.05, 0) is 78.2 Å². The quantitative estimate of drug-likeness (QED) is 0.121. The highest BCUT2D eigenvalue weighted by Crippen LogP contribution is 2.37. The maximum absolute atomic E-state index is 13.1. The fraction of sp³-hybridized carbons (Fsp3) is 0.750. The van der Waals surface area contributed by atoms with Crippen LogP contribution in [-0.4, -0.2) is 62.4 Å². The van der Waals surface area contributed by atoms with Crippen molar-refractivity contribution in [2.24, 2.45) is 0 Å². The summed E-state index contributed by atoms with van der Waals surface area (Å²) in [5, 5.41) is 6.93. The summed E-state index contributed by atoms with van der Waals surface area (Å²) in [6.07, 6.45) is 23.2. The Labute approximate surface area is 243 Å². The Kier molecular flexibility index (Phi) is 17.4. The number of thiophene rings is 1. The summed E-state index contributed by atoms with van der Waals surface area (Å²) < 4.78 is 0. The van der Waals surface area contributed by atoms with Gasteiger partial charge in [0.1, 0.15) is 5.00 Å². The molecule has 222 valence electrons. The summed E-state index contributed by atoms with van der Waals surface area (Å²) in [4.78, 5) is 31.5. The first kappa shape index (κ1) is 33.5. The molecule has 0 aromatic carbocycles. The maximum atomic E-state index is 13.1. The van der Waals surface area contributed by atoms with Crippen LogP contribution in [0.25, 0.3) is 0 Å². The standard InChI is InChI=1S/C32H56N4O2S/c1-5-6-7-8-9-10-11-12-13-14-15-16-17-18-19-21-29(37)34-32-30(31(38)33-23-20-24-35(2)3)27-22-25-36(4)26-28(27)39-32/h12-13H,5-11,14-26H2,1-4H3,(H,33,38)(H,34,37)/b13-12-. The molecule has 6 nitrogen and oxygen atoms in total. The van der Waals surface area contributed by atoms with Gasteiger partial charge in [-0.2, -0.15) is 0 Å². The van der Waals surface area contributed by atoms with Crippen LogP contribution in [0.4, 0.5) is 5.00 Å². The van der Waals surface area contributed by atoms with Gasteiger partial charge in [-0.25, -0.2) is 0 Å². The van der Waals surface area contributed by atoms with E-state index in [0.29, 0.717) is 18.5 Å². The lowest BCUT2D eigenvalue weighted by Gasteiger charge is -2.22.